The van der Waals surface area contributed by atoms with Gasteiger partial charge in [0.25, 0.3) is 0 Å². The molecule has 10 rings (SSSR count). The SMILES string of the molecule is C1=CCCC(C2=C(c3ccc(N(c4ccc(-c5cc6ccccc6c6ccccc56)cc4)c4ccccc4-c4ccc(-c5ccccc5)cc4)cc3)C=CCC2)=C1. The molecule has 0 bridgehead atoms. The molecule has 0 fully saturated rings. The average Bonchev–Trinajstić information content (AvgIpc) is 3.30. The molecule has 8 aromatic rings. The predicted molar refractivity (Wildman–Crippen MR) is 244 cm³/mol. The molecule has 0 unspecified atom stereocenters. The first kappa shape index (κ1) is 34.5. The maximum atomic E-state index is 2.42. The Morgan fingerprint density at radius 1 is 0.404 bits per heavy atom. The summed E-state index contributed by atoms with van der Waals surface area (Å²) in [4.78, 5) is 2.42. The van der Waals surface area contributed by atoms with Crippen molar-refractivity contribution >= 4 is 44.2 Å². The first-order valence-corrected chi connectivity index (χ1v) is 20.2. The molecule has 2 aliphatic carbocycles. The van der Waals surface area contributed by atoms with Gasteiger partial charge in [-0.25, -0.2) is 0 Å². The highest BCUT2D eigenvalue weighted by Crippen LogP contribution is 2.44. The minimum Gasteiger partial charge on any atom is -0.310 e. The van der Waals surface area contributed by atoms with Crippen LogP contribution in [0, 0.1) is 0 Å². The molecule has 0 saturated heterocycles. The number of anilines is 3. The fraction of sp³-hybridized carbons (Fsp3) is 0.0714. The van der Waals surface area contributed by atoms with Crippen molar-refractivity contribution in [1.29, 1.82) is 0 Å². The van der Waals surface area contributed by atoms with Gasteiger partial charge < -0.3 is 4.90 Å². The van der Waals surface area contributed by atoms with Crippen LogP contribution < -0.4 is 4.90 Å². The van der Waals surface area contributed by atoms with Crippen molar-refractivity contribution in [3.63, 3.8) is 0 Å². The minimum absolute atomic E-state index is 1.09. The Morgan fingerprint density at radius 2 is 0.982 bits per heavy atom. The van der Waals surface area contributed by atoms with Crippen LogP contribution in [0.3, 0.4) is 0 Å². The van der Waals surface area contributed by atoms with Gasteiger partial charge in [0.05, 0.1) is 5.69 Å². The zero-order valence-corrected chi connectivity index (χ0v) is 32.0. The molecule has 0 radical (unpaired) electrons. The molecular formula is C56H43N. The summed E-state index contributed by atoms with van der Waals surface area (Å²) < 4.78 is 0. The minimum atomic E-state index is 1.09. The van der Waals surface area contributed by atoms with Gasteiger partial charge in [0.1, 0.15) is 0 Å². The van der Waals surface area contributed by atoms with Crippen LogP contribution >= 0.6 is 0 Å². The van der Waals surface area contributed by atoms with Crippen LogP contribution in [0.4, 0.5) is 17.1 Å². The largest absolute Gasteiger partial charge is 0.310 e. The van der Waals surface area contributed by atoms with Crippen molar-refractivity contribution in [3.05, 3.63) is 229 Å². The van der Waals surface area contributed by atoms with Gasteiger partial charge in [0.2, 0.25) is 0 Å². The maximum absolute atomic E-state index is 2.42. The van der Waals surface area contributed by atoms with E-state index in [1.807, 2.05) is 0 Å². The van der Waals surface area contributed by atoms with E-state index in [9.17, 15) is 0 Å². The van der Waals surface area contributed by atoms with Gasteiger partial charge >= 0.3 is 0 Å². The lowest BCUT2D eigenvalue weighted by atomic mass is 9.85. The number of nitrogens with zero attached hydrogens (tertiary/aromatic N) is 1. The summed E-state index contributed by atoms with van der Waals surface area (Å²) >= 11 is 0. The Kier molecular flexibility index (Phi) is 9.26. The Labute approximate surface area is 335 Å². The van der Waals surface area contributed by atoms with Crippen LogP contribution in [-0.4, -0.2) is 0 Å². The normalized spacial score (nSPS) is 13.9. The summed E-state index contributed by atoms with van der Waals surface area (Å²) in [5.74, 6) is 0. The number of fused-ring (bicyclic) bond motifs is 3. The predicted octanol–water partition coefficient (Wildman–Crippen LogP) is 15.8. The van der Waals surface area contributed by atoms with Gasteiger partial charge in [-0.1, -0.05) is 176 Å². The fourth-order valence-corrected chi connectivity index (χ4v) is 8.81. The van der Waals surface area contributed by atoms with Gasteiger partial charge in [0, 0.05) is 16.9 Å². The van der Waals surface area contributed by atoms with Gasteiger partial charge in [-0.15, -0.1) is 0 Å². The topological polar surface area (TPSA) is 3.24 Å². The number of allylic oxidation sites excluding steroid dienone is 8. The van der Waals surface area contributed by atoms with E-state index >= 15 is 0 Å². The zero-order chi connectivity index (χ0) is 38.0. The second kappa shape index (κ2) is 15.3. The third-order valence-electron chi connectivity index (χ3n) is 11.7. The van der Waals surface area contributed by atoms with E-state index in [-0.39, 0.29) is 0 Å². The Bertz CT molecular complexity index is 2850. The van der Waals surface area contributed by atoms with Crippen molar-refractivity contribution in [1.82, 2.24) is 0 Å². The molecule has 272 valence electrons. The molecule has 57 heavy (non-hydrogen) atoms. The number of benzene rings is 8. The first-order valence-electron chi connectivity index (χ1n) is 20.2. The van der Waals surface area contributed by atoms with E-state index in [1.54, 1.807) is 0 Å². The van der Waals surface area contributed by atoms with E-state index in [0.29, 0.717) is 0 Å². The highest BCUT2D eigenvalue weighted by Gasteiger charge is 2.20. The Morgan fingerprint density at radius 3 is 1.74 bits per heavy atom. The molecule has 0 aromatic heterocycles. The van der Waals surface area contributed by atoms with E-state index in [4.69, 9.17) is 0 Å². The van der Waals surface area contributed by atoms with Crippen LogP contribution in [0.25, 0.3) is 60.5 Å². The number of hydrogen-bond acceptors (Lipinski definition) is 1. The Hall–Kier alpha value is -6.96. The molecule has 0 atom stereocenters. The maximum Gasteiger partial charge on any atom is 0.0540 e. The fourth-order valence-electron chi connectivity index (χ4n) is 8.81. The lowest BCUT2D eigenvalue weighted by Crippen LogP contribution is -2.11. The van der Waals surface area contributed by atoms with Gasteiger partial charge in [-0.05, 0) is 134 Å². The summed E-state index contributed by atoms with van der Waals surface area (Å²) in [5, 5.41) is 5.10. The molecule has 0 amide bonds. The molecule has 1 heteroatoms. The molecule has 8 aromatic carbocycles. The van der Waals surface area contributed by atoms with Crippen LogP contribution in [0.5, 0.6) is 0 Å². The summed E-state index contributed by atoms with van der Waals surface area (Å²) in [6.45, 7) is 0. The molecular weight excluding hydrogens is 687 g/mol. The van der Waals surface area contributed by atoms with Crippen molar-refractivity contribution in [2.45, 2.75) is 25.7 Å². The van der Waals surface area contributed by atoms with E-state index in [2.05, 4.69) is 217 Å². The van der Waals surface area contributed by atoms with Crippen molar-refractivity contribution in [2.24, 2.45) is 0 Å². The van der Waals surface area contributed by atoms with Gasteiger partial charge in [-0.3, -0.25) is 0 Å². The summed E-state index contributed by atoms with van der Waals surface area (Å²) in [7, 11) is 0. The monoisotopic (exact) mass is 729 g/mol. The molecule has 0 spiro atoms. The molecule has 0 N–H and O–H groups in total. The summed E-state index contributed by atoms with van der Waals surface area (Å²) in [5.41, 5.74) is 16.2. The summed E-state index contributed by atoms with van der Waals surface area (Å²) in [6, 6.07) is 66.7. The third-order valence-corrected chi connectivity index (χ3v) is 11.7. The van der Waals surface area contributed by atoms with Crippen LogP contribution in [0.15, 0.2) is 224 Å². The molecule has 0 saturated carbocycles. The third kappa shape index (κ3) is 6.72. The smallest absolute Gasteiger partial charge is 0.0540 e. The summed E-state index contributed by atoms with van der Waals surface area (Å²) in [6.07, 6.45) is 15.9. The molecule has 0 aliphatic heterocycles. The van der Waals surface area contributed by atoms with Crippen LogP contribution in [0.1, 0.15) is 31.2 Å². The van der Waals surface area contributed by atoms with Gasteiger partial charge in [0.15, 0.2) is 0 Å². The molecule has 2 aliphatic rings. The quantitative estimate of drug-likeness (QED) is 0.141. The average molecular weight is 730 g/mol. The molecule has 0 heterocycles. The lowest BCUT2D eigenvalue weighted by Gasteiger charge is -2.28. The van der Waals surface area contributed by atoms with E-state index < -0.39 is 0 Å². The van der Waals surface area contributed by atoms with E-state index in [1.165, 1.54) is 77.2 Å². The van der Waals surface area contributed by atoms with Crippen LogP contribution in [0.2, 0.25) is 0 Å². The number of hydrogen-bond donors (Lipinski definition) is 0. The number of para-hydroxylation sites is 1. The Balaban J connectivity index is 1.08. The van der Waals surface area contributed by atoms with Crippen molar-refractivity contribution < 1.29 is 0 Å². The standard InChI is InChI=1S/C56H43N/c1-3-15-40(16-4-1)41-27-29-44(30-28-41)52-23-13-14-26-56(52)57(47-35-31-43(32-36-47)50-21-10-9-20-49(50)42-17-5-2-6-18-42)48-37-33-45(34-38-48)55-39-46-19-7-8-22-51(46)53-24-11-12-25-54(53)55/h1-5,7-8,10-17,19,21-39H,6,9,18,20H2. The molecule has 1 nitrogen and oxygen atoms in total. The van der Waals surface area contributed by atoms with E-state index in [0.717, 1.165) is 42.7 Å². The lowest BCUT2D eigenvalue weighted by molar-refractivity contribution is 0.902. The van der Waals surface area contributed by atoms with Crippen molar-refractivity contribution in [2.75, 3.05) is 4.90 Å². The zero-order valence-electron chi connectivity index (χ0n) is 32.0. The van der Waals surface area contributed by atoms with Crippen LogP contribution in [-0.2, 0) is 0 Å². The highest BCUT2D eigenvalue weighted by atomic mass is 15.1. The number of rotatable bonds is 8. The van der Waals surface area contributed by atoms with Gasteiger partial charge in [-0.2, -0.15) is 0 Å². The highest BCUT2D eigenvalue weighted by molar-refractivity contribution is 6.13. The van der Waals surface area contributed by atoms with Crippen molar-refractivity contribution in [3.8, 4) is 33.4 Å². The second-order valence-corrected chi connectivity index (χ2v) is 15.1. The first-order chi connectivity index (χ1) is 28.3. The second-order valence-electron chi connectivity index (χ2n) is 15.1.